The molecular formula is C18H22O4. The molecule has 2 atom stereocenters. The molecule has 4 heteroatoms. The van der Waals surface area contributed by atoms with Crippen molar-refractivity contribution in [3.8, 4) is 0 Å². The smallest absolute Gasteiger partial charge is 0.309 e. The lowest BCUT2D eigenvalue weighted by Crippen LogP contribution is -2.16. The summed E-state index contributed by atoms with van der Waals surface area (Å²) in [6, 6.07) is 7.92. The molecule has 0 radical (unpaired) electrons. The quantitative estimate of drug-likeness (QED) is 0.546. The summed E-state index contributed by atoms with van der Waals surface area (Å²) in [4.78, 5) is 12.2. The summed E-state index contributed by atoms with van der Waals surface area (Å²) in [6.07, 6.45) is 4.78. The first-order valence-corrected chi connectivity index (χ1v) is 7.73. The molecule has 118 valence electrons. The fourth-order valence-electron chi connectivity index (χ4n) is 2.76. The van der Waals surface area contributed by atoms with Crippen molar-refractivity contribution >= 4 is 5.97 Å². The molecule has 1 aliphatic heterocycles. The maximum atomic E-state index is 12.2. The average Bonchev–Trinajstić information content (AvgIpc) is 3.20. The van der Waals surface area contributed by atoms with E-state index in [2.05, 4.69) is 6.92 Å². The Bertz CT molecular complexity index is 566. The topological polar surface area (TPSA) is 44.8 Å². The summed E-state index contributed by atoms with van der Waals surface area (Å²) in [7, 11) is 0. The predicted molar refractivity (Wildman–Crippen MR) is 82.1 cm³/mol. The highest BCUT2D eigenvalue weighted by atomic mass is 16.5. The van der Waals surface area contributed by atoms with Crippen LogP contribution in [0.15, 0.2) is 36.4 Å². The van der Waals surface area contributed by atoms with Gasteiger partial charge >= 0.3 is 5.97 Å². The molecule has 22 heavy (non-hydrogen) atoms. The zero-order chi connectivity index (χ0) is 15.4. The van der Waals surface area contributed by atoms with Gasteiger partial charge in [0, 0.05) is 5.41 Å². The molecule has 0 bridgehead atoms. The second-order valence-corrected chi connectivity index (χ2v) is 6.29. The van der Waals surface area contributed by atoms with Crippen LogP contribution in [0.25, 0.3) is 0 Å². The third-order valence-electron chi connectivity index (χ3n) is 4.41. The van der Waals surface area contributed by atoms with E-state index < -0.39 is 0 Å². The van der Waals surface area contributed by atoms with Crippen molar-refractivity contribution in [3.63, 3.8) is 0 Å². The summed E-state index contributed by atoms with van der Waals surface area (Å²) < 4.78 is 16.8. The summed E-state index contributed by atoms with van der Waals surface area (Å²) in [5.41, 5.74) is 2.00. The second kappa shape index (κ2) is 6.63. The fraction of sp³-hybridized carbons (Fsp3) is 0.500. The van der Waals surface area contributed by atoms with E-state index >= 15 is 0 Å². The van der Waals surface area contributed by atoms with Gasteiger partial charge in [-0.05, 0) is 17.5 Å². The third-order valence-corrected chi connectivity index (χ3v) is 4.41. The van der Waals surface area contributed by atoms with Crippen LogP contribution in [0, 0.1) is 11.3 Å². The number of ether oxygens (including phenoxy) is 3. The first-order valence-electron chi connectivity index (χ1n) is 7.73. The van der Waals surface area contributed by atoms with Gasteiger partial charge in [-0.25, -0.2) is 0 Å². The monoisotopic (exact) mass is 302 g/mol. The molecule has 1 unspecified atom stereocenters. The van der Waals surface area contributed by atoms with Gasteiger partial charge < -0.3 is 14.2 Å². The van der Waals surface area contributed by atoms with Gasteiger partial charge in [0.05, 0.1) is 32.3 Å². The van der Waals surface area contributed by atoms with Crippen molar-refractivity contribution in [2.45, 2.75) is 26.6 Å². The molecule has 0 saturated heterocycles. The van der Waals surface area contributed by atoms with Gasteiger partial charge in [0.1, 0.15) is 6.61 Å². The Balaban J connectivity index is 1.71. The minimum atomic E-state index is -0.118. The van der Waals surface area contributed by atoms with Crippen molar-refractivity contribution in [1.82, 2.24) is 0 Å². The van der Waals surface area contributed by atoms with E-state index in [1.807, 2.05) is 36.4 Å². The normalized spacial score (nSPS) is 31.0. The lowest BCUT2D eigenvalue weighted by Gasteiger charge is -2.12. The second-order valence-electron chi connectivity index (χ2n) is 6.29. The van der Waals surface area contributed by atoms with Crippen molar-refractivity contribution in [1.29, 1.82) is 0 Å². The molecule has 0 spiro atoms. The van der Waals surface area contributed by atoms with Crippen molar-refractivity contribution in [3.05, 3.63) is 47.5 Å². The molecule has 1 aromatic carbocycles. The molecule has 0 amide bonds. The Labute approximate surface area is 131 Å². The molecule has 1 aromatic rings. The largest absolute Gasteiger partial charge is 0.461 e. The van der Waals surface area contributed by atoms with Crippen LogP contribution < -0.4 is 0 Å². The number of fused-ring (bicyclic) bond motifs is 2. The number of rotatable bonds is 0. The molecule has 1 heterocycles. The van der Waals surface area contributed by atoms with Gasteiger partial charge in [-0.15, -0.1) is 0 Å². The Hall–Kier alpha value is -1.65. The van der Waals surface area contributed by atoms with E-state index in [-0.39, 0.29) is 17.3 Å². The van der Waals surface area contributed by atoms with Gasteiger partial charge in [0.15, 0.2) is 0 Å². The van der Waals surface area contributed by atoms with Gasteiger partial charge in [-0.2, -0.15) is 0 Å². The van der Waals surface area contributed by atoms with Crippen LogP contribution >= 0.6 is 0 Å². The van der Waals surface area contributed by atoms with Crippen LogP contribution in [-0.4, -0.2) is 25.8 Å². The highest BCUT2D eigenvalue weighted by Crippen LogP contribution is 2.53. The van der Waals surface area contributed by atoms with E-state index in [1.165, 1.54) is 0 Å². The molecule has 1 saturated carbocycles. The van der Waals surface area contributed by atoms with Crippen molar-refractivity contribution in [2.75, 3.05) is 19.8 Å². The first kappa shape index (κ1) is 15.3. The van der Waals surface area contributed by atoms with Crippen LogP contribution in [0.5, 0.6) is 0 Å². The van der Waals surface area contributed by atoms with Crippen LogP contribution in [0.3, 0.4) is 0 Å². The molecule has 0 N–H and O–H groups in total. The minimum Gasteiger partial charge on any atom is -0.461 e. The number of benzene rings is 1. The predicted octanol–water partition coefficient (Wildman–Crippen LogP) is 2.86. The minimum absolute atomic E-state index is 0.0370. The van der Waals surface area contributed by atoms with Gasteiger partial charge in [-0.1, -0.05) is 43.3 Å². The van der Waals surface area contributed by atoms with E-state index in [0.717, 1.165) is 17.5 Å². The zero-order valence-corrected chi connectivity index (χ0v) is 12.9. The van der Waals surface area contributed by atoms with E-state index in [0.29, 0.717) is 33.0 Å². The highest BCUT2D eigenvalue weighted by molar-refractivity contribution is 5.76. The fourth-order valence-corrected chi connectivity index (χ4v) is 2.76. The Morgan fingerprint density at radius 1 is 1.05 bits per heavy atom. The first-order chi connectivity index (χ1) is 10.7. The standard InChI is InChI=1S/C18H22O4/c1-18-10-16(18)17(19)22-12-15-7-3-2-6-14(15)11-20-8-4-5-9-21-13-18/h2-7,16H,8-13H2,1H3/b5-4-/t16?,18-/m1/s1. The van der Waals surface area contributed by atoms with Crippen molar-refractivity contribution in [2.24, 2.45) is 11.3 Å². The summed E-state index contributed by atoms with van der Waals surface area (Å²) in [5.74, 6) is -0.155. The summed E-state index contributed by atoms with van der Waals surface area (Å²) in [5, 5.41) is 0. The van der Waals surface area contributed by atoms with Crippen LogP contribution in [0.4, 0.5) is 0 Å². The molecular weight excluding hydrogens is 280 g/mol. The maximum absolute atomic E-state index is 12.2. The van der Waals surface area contributed by atoms with Gasteiger partial charge in [0.2, 0.25) is 0 Å². The Morgan fingerprint density at radius 3 is 2.50 bits per heavy atom. The number of carbonyl (C=O) groups is 1. The molecule has 3 rings (SSSR count). The zero-order valence-electron chi connectivity index (χ0n) is 12.9. The van der Waals surface area contributed by atoms with E-state index in [1.54, 1.807) is 0 Å². The van der Waals surface area contributed by atoms with Crippen LogP contribution in [0.1, 0.15) is 24.5 Å². The SMILES string of the molecule is C[C@@]12COC/C=C\COCc3ccccc3COC(=O)C1C2. The average molecular weight is 302 g/mol. The number of hydrogen-bond donors (Lipinski definition) is 0. The third kappa shape index (κ3) is 3.57. The summed E-state index contributed by atoms with van der Waals surface area (Å²) in [6.45, 7) is 4.60. The summed E-state index contributed by atoms with van der Waals surface area (Å²) >= 11 is 0. The maximum Gasteiger partial charge on any atom is 0.309 e. The molecule has 1 aliphatic carbocycles. The number of hydrogen-bond acceptors (Lipinski definition) is 4. The molecule has 1 fully saturated rings. The number of esters is 1. The lowest BCUT2D eigenvalue weighted by molar-refractivity contribution is -0.147. The number of carbonyl (C=O) groups excluding carboxylic acids is 1. The highest BCUT2D eigenvalue weighted by Gasteiger charge is 2.55. The van der Waals surface area contributed by atoms with Crippen LogP contribution in [-0.2, 0) is 32.2 Å². The van der Waals surface area contributed by atoms with Crippen LogP contribution in [0.2, 0.25) is 0 Å². The van der Waals surface area contributed by atoms with E-state index in [9.17, 15) is 4.79 Å². The number of cyclic esters (lactones) is 1. The molecule has 0 aromatic heterocycles. The molecule has 2 aliphatic rings. The van der Waals surface area contributed by atoms with Crippen molar-refractivity contribution < 1.29 is 19.0 Å². The van der Waals surface area contributed by atoms with Gasteiger partial charge in [0.25, 0.3) is 0 Å². The Kier molecular flexibility index (Phi) is 4.60. The Morgan fingerprint density at radius 2 is 1.73 bits per heavy atom. The van der Waals surface area contributed by atoms with E-state index in [4.69, 9.17) is 14.2 Å². The van der Waals surface area contributed by atoms with Gasteiger partial charge in [-0.3, -0.25) is 4.79 Å². The lowest BCUT2D eigenvalue weighted by atomic mass is 10.1. The molecule has 4 nitrogen and oxygen atoms in total.